The summed E-state index contributed by atoms with van der Waals surface area (Å²) in [5.41, 5.74) is 2.08. The monoisotopic (exact) mass is 450 g/mol. The molecule has 7 heteroatoms. The SMILES string of the molecule is COc1ccc(F)c([C@H]2CC[C@@H](COc3cccc([C@@H](Cc4nnn[nH]4)C4CC4)c3)CC2)c1. The van der Waals surface area contributed by atoms with Gasteiger partial charge in [0.05, 0.1) is 13.7 Å². The number of H-pyrrole nitrogens is 1. The Bertz CT molecular complexity index is 1050. The number of benzene rings is 2. The first kappa shape index (κ1) is 21.9. The van der Waals surface area contributed by atoms with Crippen molar-refractivity contribution >= 4 is 0 Å². The van der Waals surface area contributed by atoms with Gasteiger partial charge >= 0.3 is 0 Å². The van der Waals surface area contributed by atoms with Crippen LogP contribution in [0.1, 0.15) is 67.3 Å². The van der Waals surface area contributed by atoms with Crippen molar-refractivity contribution in [3.8, 4) is 11.5 Å². The second kappa shape index (κ2) is 9.89. The van der Waals surface area contributed by atoms with E-state index in [-0.39, 0.29) is 11.7 Å². The molecule has 2 aliphatic carbocycles. The van der Waals surface area contributed by atoms with Crippen LogP contribution in [0.3, 0.4) is 0 Å². The number of methoxy groups -OCH3 is 1. The van der Waals surface area contributed by atoms with Crippen LogP contribution >= 0.6 is 0 Å². The standard InChI is InChI=1S/C26H31FN4O2/c1-32-21-11-12-25(27)24(14-21)19-7-5-17(6-8-19)16-33-22-4-2-3-20(13-22)23(18-9-10-18)15-26-28-30-31-29-26/h2-4,11-14,17-19,23H,5-10,15-16H2,1H3,(H,28,29,30,31)/t17-,19+,23-/m0/s1. The largest absolute Gasteiger partial charge is 0.497 e. The molecule has 0 amide bonds. The summed E-state index contributed by atoms with van der Waals surface area (Å²) in [6.07, 6.45) is 7.39. The van der Waals surface area contributed by atoms with Crippen molar-refractivity contribution < 1.29 is 13.9 Å². The highest BCUT2D eigenvalue weighted by Crippen LogP contribution is 2.44. The highest BCUT2D eigenvalue weighted by Gasteiger charge is 2.33. The van der Waals surface area contributed by atoms with Crippen molar-refractivity contribution in [1.82, 2.24) is 20.6 Å². The van der Waals surface area contributed by atoms with E-state index in [1.807, 2.05) is 12.1 Å². The molecule has 174 valence electrons. The first-order valence-corrected chi connectivity index (χ1v) is 12.0. The Morgan fingerprint density at radius 3 is 2.61 bits per heavy atom. The first-order chi connectivity index (χ1) is 16.2. The molecule has 1 heterocycles. The van der Waals surface area contributed by atoms with Crippen molar-refractivity contribution in [2.75, 3.05) is 13.7 Å². The molecule has 2 aliphatic rings. The maximum atomic E-state index is 14.3. The molecule has 2 aromatic carbocycles. The van der Waals surface area contributed by atoms with Gasteiger partial charge in [0.25, 0.3) is 0 Å². The van der Waals surface area contributed by atoms with Gasteiger partial charge in [0.1, 0.15) is 23.1 Å². The van der Waals surface area contributed by atoms with E-state index in [1.165, 1.54) is 24.5 Å². The van der Waals surface area contributed by atoms with Crippen LogP contribution in [0.15, 0.2) is 42.5 Å². The molecule has 1 N–H and O–H groups in total. The number of aromatic nitrogens is 4. The molecule has 0 aliphatic heterocycles. The quantitative estimate of drug-likeness (QED) is 0.470. The Hall–Kier alpha value is -2.96. The second-order valence-corrected chi connectivity index (χ2v) is 9.48. The lowest BCUT2D eigenvalue weighted by Crippen LogP contribution is -2.20. The zero-order valence-corrected chi connectivity index (χ0v) is 19.0. The van der Waals surface area contributed by atoms with Gasteiger partial charge in [-0.1, -0.05) is 12.1 Å². The molecule has 1 atom stereocenters. The third-order valence-corrected chi connectivity index (χ3v) is 7.26. The lowest BCUT2D eigenvalue weighted by atomic mass is 9.79. The van der Waals surface area contributed by atoms with Gasteiger partial charge in [0, 0.05) is 6.42 Å². The van der Waals surface area contributed by atoms with Crippen LogP contribution in [0.4, 0.5) is 4.39 Å². The van der Waals surface area contributed by atoms with Gasteiger partial charge < -0.3 is 9.47 Å². The van der Waals surface area contributed by atoms with E-state index in [9.17, 15) is 4.39 Å². The zero-order valence-electron chi connectivity index (χ0n) is 19.0. The van der Waals surface area contributed by atoms with E-state index in [1.54, 1.807) is 13.2 Å². The lowest BCUT2D eigenvalue weighted by Gasteiger charge is -2.29. The van der Waals surface area contributed by atoms with E-state index >= 15 is 0 Å². The number of ether oxygens (including phenoxy) is 2. The summed E-state index contributed by atoms with van der Waals surface area (Å²) in [6, 6.07) is 13.6. The molecule has 1 aromatic heterocycles. The molecule has 6 nitrogen and oxygen atoms in total. The number of hydrogen-bond donors (Lipinski definition) is 1. The van der Waals surface area contributed by atoms with E-state index in [0.29, 0.717) is 24.4 Å². The molecule has 5 rings (SSSR count). The maximum absolute atomic E-state index is 14.3. The normalized spacial score (nSPS) is 21.5. The summed E-state index contributed by atoms with van der Waals surface area (Å²) >= 11 is 0. The van der Waals surface area contributed by atoms with Crippen molar-refractivity contribution in [1.29, 1.82) is 0 Å². The predicted molar refractivity (Wildman–Crippen MR) is 123 cm³/mol. The van der Waals surface area contributed by atoms with Gasteiger partial charge in [-0.25, -0.2) is 9.49 Å². The molecule has 0 spiro atoms. The van der Waals surface area contributed by atoms with Gasteiger partial charge in [0.2, 0.25) is 0 Å². The fourth-order valence-electron chi connectivity index (χ4n) is 5.18. The molecule has 0 radical (unpaired) electrons. The van der Waals surface area contributed by atoms with Crippen molar-refractivity contribution in [2.45, 2.75) is 56.8 Å². The fourth-order valence-corrected chi connectivity index (χ4v) is 5.18. The van der Waals surface area contributed by atoms with E-state index < -0.39 is 0 Å². The van der Waals surface area contributed by atoms with Crippen LogP contribution < -0.4 is 9.47 Å². The van der Waals surface area contributed by atoms with Gasteiger partial charge in [-0.15, -0.1) is 5.10 Å². The number of halogens is 1. The number of tetrazole rings is 1. The van der Waals surface area contributed by atoms with Crippen molar-refractivity contribution in [2.24, 2.45) is 11.8 Å². The minimum absolute atomic E-state index is 0.126. The van der Waals surface area contributed by atoms with E-state index in [4.69, 9.17) is 9.47 Å². The summed E-state index contributed by atoms with van der Waals surface area (Å²) < 4.78 is 25.9. The summed E-state index contributed by atoms with van der Waals surface area (Å²) in [7, 11) is 1.62. The summed E-state index contributed by atoms with van der Waals surface area (Å²) in [6.45, 7) is 0.705. The van der Waals surface area contributed by atoms with Gasteiger partial charge in [-0.05, 0) is 114 Å². The molecule has 33 heavy (non-hydrogen) atoms. The molecule has 0 saturated heterocycles. The average Bonchev–Trinajstić information content (AvgIpc) is 3.57. The number of aromatic amines is 1. The van der Waals surface area contributed by atoms with Crippen molar-refractivity contribution in [3.63, 3.8) is 0 Å². The summed E-state index contributed by atoms with van der Waals surface area (Å²) in [5, 5.41) is 14.4. The Morgan fingerprint density at radius 1 is 1.03 bits per heavy atom. The van der Waals surface area contributed by atoms with E-state index in [2.05, 4.69) is 38.8 Å². The van der Waals surface area contributed by atoms with Gasteiger partial charge in [-0.3, -0.25) is 0 Å². The number of nitrogens with one attached hydrogen (secondary N) is 1. The van der Waals surface area contributed by atoms with Gasteiger partial charge in [0.15, 0.2) is 0 Å². The Kier molecular flexibility index (Phi) is 6.55. The highest BCUT2D eigenvalue weighted by molar-refractivity contribution is 5.33. The third kappa shape index (κ3) is 5.34. The van der Waals surface area contributed by atoms with Crippen LogP contribution in [0.25, 0.3) is 0 Å². The van der Waals surface area contributed by atoms with Crippen LogP contribution in [0.2, 0.25) is 0 Å². The van der Waals surface area contributed by atoms with E-state index in [0.717, 1.165) is 55.0 Å². The van der Waals surface area contributed by atoms with Crippen LogP contribution in [0, 0.1) is 17.7 Å². The minimum atomic E-state index is -0.126. The van der Waals surface area contributed by atoms with Gasteiger partial charge in [-0.2, -0.15) is 0 Å². The Morgan fingerprint density at radius 2 is 1.88 bits per heavy atom. The fraction of sp³-hybridized carbons (Fsp3) is 0.500. The number of rotatable bonds is 9. The Balaban J connectivity index is 1.16. The second-order valence-electron chi connectivity index (χ2n) is 9.48. The minimum Gasteiger partial charge on any atom is -0.497 e. The Labute approximate surface area is 193 Å². The predicted octanol–water partition coefficient (Wildman–Crippen LogP) is 5.44. The first-order valence-electron chi connectivity index (χ1n) is 12.0. The van der Waals surface area contributed by atoms with Crippen LogP contribution in [0.5, 0.6) is 11.5 Å². The molecular formula is C26H31FN4O2. The summed E-state index contributed by atoms with van der Waals surface area (Å²) in [4.78, 5) is 0. The molecule has 3 aromatic rings. The van der Waals surface area contributed by atoms with Crippen LogP contribution in [-0.4, -0.2) is 34.3 Å². The smallest absolute Gasteiger partial charge is 0.149 e. The number of hydrogen-bond acceptors (Lipinski definition) is 5. The molecular weight excluding hydrogens is 419 g/mol. The average molecular weight is 451 g/mol. The molecule has 0 unspecified atom stereocenters. The molecule has 0 bridgehead atoms. The molecule has 2 saturated carbocycles. The lowest BCUT2D eigenvalue weighted by molar-refractivity contribution is 0.199. The number of nitrogens with zero attached hydrogens (tertiary/aromatic N) is 3. The maximum Gasteiger partial charge on any atom is 0.149 e. The highest BCUT2D eigenvalue weighted by atomic mass is 19.1. The topological polar surface area (TPSA) is 72.9 Å². The third-order valence-electron chi connectivity index (χ3n) is 7.26. The van der Waals surface area contributed by atoms with Crippen LogP contribution in [-0.2, 0) is 6.42 Å². The molecule has 2 fully saturated rings. The van der Waals surface area contributed by atoms with Crippen molar-refractivity contribution in [3.05, 3.63) is 65.2 Å². The summed E-state index contributed by atoms with van der Waals surface area (Å²) in [5.74, 6) is 4.22. The zero-order chi connectivity index (χ0) is 22.6.